The van der Waals surface area contributed by atoms with Crippen molar-refractivity contribution in [2.45, 2.75) is 29.9 Å². The summed E-state index contributed by atoms with van der Waals surface area (Å²) in [6.07, 6.45) is 2.45. The summed E-state index contributed by atoms with van der Waals surface area (Å²) in [4.78, 5) is 0. The second kappa shape index (κ2) is 6.70. The van der Waals surface area contributed by atoms with E-state index in [-0.39, 0.29) is 10.7 Å². The van der Waals surface area contributed by atoms with Crippen LogP contribution < -0.4 is 0 Å². The van der Waals surface area contributed by atoms with Crippen molar-refractivity contribution in [1.82, 2.24) is 0 Å². The maximum atomic E-state index is 9.18. The number of hydrogen-bond donors (Lipinski definition) is 4. The van der Waals surface area contributed by atoms with Gasteiger partial charge in [0.05, 0.1) is 10.7 Å². The summed E-state index contributed by atoms with van der Waals surface area (Å²) in [5.41, 5.74) is 0. The zero-order chi connectivity index (χ0) is 7.98. The zero-order valence-electron chi connectivity index (χ0n) is 5.77. The minimum Gasteiger partial charge on any atom is -0.391 e. The monoisotopic (exact) mass is 198 g/mol. The van der Waals surface area contributed by atoms with Crippen molar-refractivity contribution in [3.8, 4) is 0 Å². The summed E-state index contributed by atoms with van der Waals surface area (Å²) in [7, 11) is 0. The molecule has 0 fully saturated rings. The first-order valence-corrected chi connectivity index (χ1v) is 5.00. The Bertz CT molecular complexity index is 77.4. The molecule has 4 heteroatoms. The molecule has 0 aliphatic heterocycles. The first-order chi connectivity index (χ1) is 4.68. The lowest BCUT2D eigenvalue weighted by Crippen LogP contribution is -2.15. The van der Waals surface area contributed by atoms with E-state index < -0.39 is 0 Å². The third-order valence-corrected chi connectivity index (χ3v) is 2.26. The first-order valence-electron chi connectivity index (χ1n) is 3.33. The third kappa shape index (κ3) is 5.77. The Morgan fingerprint density at radius 1 is 1.20 bits per heavy atom. The molecule has 0 spiro atoms. The predicted octanol–water partition coefficient (Wildman–Crippen LogP) is 1.63. The van der Waals surface area contributed by atoms with Crippen molar-refractivity contribution >= 4 is 37.9 Å². The lowest BCUT2D eigenvalue weighted by atomic mass is 10.2. The molecule has 0 saturated carbocycles. The second-order valence-corrected chi connectivity index (χ2v) is 4.17. The highest BCUT2D eigenvalue weighted by molar-refractivity contribution is 7.99. The Labute approximate surface area is 78.8 Å². The molecule has 0 aliphatic carbocycles. The van der Waals surface area contributed by atoms with Gasteiger partial charge in [0.2, 0.25) is 0 Å². The van der Waals surface area contributed by atoms with Gasteiger partial charge in [-0.05, 0) is 25.0 Å². The molecule has 10 heavy (non-hydrogen) atoms. The van der Waals surface area contributed by atoms with Crippen molar-refractivity contribution < 1.29 is 5.11 Å². The van der Waals surface area contributed by atoms with Crippen LogP contribution in [0.5, 0.6) is 0 Å². The van der Waals surface area contributed by atoms with Crippen LogP contribution in [-0.2, 0) is 0 Å². The molecule has 0 aliphatic rings. The second-order valence-electron chi connectivity index (χ2n) is 2.20. The van der Waals surface area contributed by atoms with Crippen LogP contribution in [0.2, 0.25) is 0 Å². The smallest absolute Gasteiger partial charge is 0.0745 e. The van der Waals surface area contributed by atoms with Crippen LogP contribution in [0.3, 0.4) is 0 Å². The summed E-state index contributed by atoms with van der Waals surface area (Å²) < 4.78 is -0.208. The maximum absolute atomic E-state index is 9.18. The minimum absolute atomic E-state index is 0.208. The van der Waals surface area contributed by atoms with Crippen molar-refractivity contribution in [3.63, 3.8) is 0 Å². The average molecular weight is 198 g/mol. The van der Waals surface area contributed by atoms with Gasteiger partial charge in [-0.1, -0.05) is 0 Å². The summed E-state index contributed by atoms with van der Waals surface area (Å²) in [5, 5.41) is 9.18. The molecule has 0 heterocycles. The Morgan fingerprint density at radius 2 is 1.80 bits per heavy atom. The van der Waals surface area contributed by atoms with Crippen LogP contribution in [0.25, 0.3) is 0 Å². The largest absolute Gasteiger partial charge is 0.391 e. The molecule has 0 radical (unpaired) electrons. The molecule has 1 atom stereocenters. The van der Waals surface area contributed by atoms with Gasteiger partial charge in [-0.25, -0.2) is 0 Å². The van der Waals surface area contributed by atoms with E-state index >= 15 is 0 Å². The number of hydrogen-bond acceptors (Lipinski definition) is 4. The minimum atomic E-state index is -0.383. The third-order valence-electron chi connectivity index (χ3n) is 1.25. The summed E-state index contributed by atoms with van der Waals surface area (Å²) in [5.74, 6) is 0.885. The van der Waals surface area contributed by atoms with Gasteiger partial charge in [0.25, 0.3) is 0 Å². The van der Waals surface area contributed by atoms with E-state index in [1.165, 1.54) is 0 Å². The van der Waals surface area contributed by atoms with Gasteiger partial charge >= 0.3 is 0 Å². The number of aliphatic hydroxyl groups excluding tert-OH is 1. The molecule has 0 rings (SSSR count). The van der Waals surface area contributed by atoms with E-state index in [4.69, 9.17) is 0 Å². The highest BCUT2D eigenvalue weighted by Gasteiger charge is 2.08. The lowest BCUT2D eigenvalue weighted by molar-refractivity contribution is 0.179. The van der Waals surface area contributed by atoms with Crippen LogP contribution in [0.4, 0.5) is 0 Å². The number of unbranched alkanes of at least 4 members (excludes halogenated alkanes) is 1. The summed E-state index contributed by atoms with van der Waals surface area (Å²) in [6.45, 7) is 0. The zero-order valence-corrected chi connectivity index (χ0v) is 8.46. The fraction of sp³-hybridized carbons (Fsp3) is 1.00. The van der Waals surface area contributed by atoms with E-state index in [0.29, 0.717) is 0 Å². The van der Waals surface area contributed by atoms with Crippen LogP contribution in [0.1, 0.15) is 19.3 Å². The van der Waals surface area contributed by atoms with Gasteiger partial charge in [-0.15, -0.1) is 0 Å². The van der Waals surface area contributed by atoms with Crippen LogP contribution in [0.15, 0.2) is 0 Å². The van der Waals surface area contributed by atoms with E-state index in [9.17, 15) is 5.11 Å². The quantitative estimate of drug-likeness (QED) is 0.301. The van der Waals surface area contributed by atoms with E-state index in [2.05, 4.69) is 37.9 Å². The van der Waals surface area contributed by atoms with E-state index in [1.807, 2.05) is 0 Å². The van der Waals surface area contributed by atoms with Gasteiger partial charge in [0.15, 0.2) is 0 Å². The Balaban J connectivity index is 3.13. The molecular formula is C6H14OS3. The molecule has 62 valence electrons. The summed E-state index contributed by atoms with van der Waals surface area (Å²) in [6, 6.07) is 0. The molecule has 0 amide bonds. The topological polar surface area (TPSA) is 20.2 Å². The molecule has 0 bridgehead atoms. The molecule has 1 unspecified atom stereocenters. The predicted molar refractivity (Wildman–Crippen MR) is 55.5 cm³/mol. The van der Waals surface area contributed by atoms with E-state index in [1.54, 1.807) is 0 Å². The van der Waals surface area contributed by atoms with Gasteiger partial charge in [0, 0.05) is 0 Å². The standard InChI is InChI=1S/C6H14OS3/c7-5(6(9)10)3-1-2-4-8/h5-10H,1-4H2. The van der Waals surface area contributed by atoms with Gasteiger partial charge in [0.1, 0.15) is 0 Å². The number of aliphatic hydroxyl groups is 1. The Hall–Kier alpha value is 1.01. The van der Waals surface area contributed by atoms with Crippen molar-refractivity contribution in [1.29, 1.82) is 0 Å². The number of rotatable bonds is 5. The maximum Gasteiger partial charge on any atom is 0.0745 e. The molecule has 1 nitrogen and oxygen atoms in total. The Morgan fingerprint density at radius 3 is 2.20 bits per heavy atom. The molecule has 0 aromatic heterocycles. The molecule has 0 aromatic rings. The average Bonchev–Trinajstić information content (AvgIpc) is 1.88. The highest BCUT2D eigenvalue weighted by atomic mass is 32.2. The van der Waals surface area contributed by atoms with Crippen LogP contribution >= 0.6 is 37.9 Å². The van der Waals surface area contributed by atoms with Crippen molar-refractivity contribution in [2.75, 3.05) is 5.75 Å². The molecule has 0 aromatic carbocycles. The fourth-order valence-electron chi connectivity index (χ4n) is 0.614. The SMILES string of the molecule is OC(CCCCS)C(S)S. The highest BCUT2D eigenvalue weighted by Crippen LogP contribution is 2.12. The molecule has 1 N–H and O–H groups in total. The molecule has 0 saturated heterocycles. The van der Waals surface area contributed by atoms with Gasteiger partial charge in [-0.2, -0.15) is 37.9 Å². The Kier molecular flexibility index (Phi) is 7.38. The molecular weight excluding hydrogens is 184 g/mol. The van der Waals surface area contributed by atoms with E-state index in [0.717, 1.165) is 25.0 Å². The van der Waals surface area contributed by atoms with Gasteiger partial charge in [-0.3, -0.25) is 0 Å². The van der Waals surface area contributed by atoms with Crippen molar-refractivity contribution in [3.05, 3.63) is 0 Å². The van der Waals surface area contributed by atoms with Gasteiger partial charge < -0.3 is 5.11 Å². The fourth-order valence-corrected chi connectivity index (χ4v) is 1.14. The summed E-state index contributed by atoms with van der Waals surface area (Å²) >= 11 is 12.0. The lowest BCUT2D eigenvalue weighted by Gasteiger charge is -2.11. The number of thiol groups is 3. The van der Waals surface area contributed by atoms with Crippen molar-refractivity contribution in [2.24, 2.45) is 0 Å². The normalized spacial score (nSPS) is 14.1. The first kappa shape index (κ1) is 11.0. The van der Waals surface area contributed by atoms with Crippen LogP contribution in [-0.4, -0.2) is 21.5 Å². The van der Waals surface area contributed by atoms with Crippen LogP contribution in [0, 0.1) is 0 Å².